The number of hydrogen-bond donors (Lipinski definition) is 1. The average molecular weight is 292 g/mol. The quantitative estimate of drug-likeness (QED) is 0.926. The van der Waals surface area contributed by atoms with E-state index in [4.69, 9.17) is 0 Å². The lowest BCUT2D eigenvalue weighted by atomic mass is 10.1. The fourth-order valence-electron chi connectivity index (χ4n) is 1.26. The predicted octanol–water partition coefficient (Wildman–Crippen LogP) is 2.80. The van der Waals surface area contributed by atoms with Gasteiger partial charge < -0.3 is 0 Å². The van der Waals surface area contributed by atoms with E-state index in [0.717, 1.165) is 10.0 Å². The highest BCUT2D eigenvalue weighted by Crippen LogP contribution is 2.09. The van der Waals surface area contributed by atoms with Crippen LogP contribution in [0.1, 0.15) is 15.9 Å². The fourth-order valence-corrected chi connectivity index (χ4v) is 1.46. The first-order chi connectivity index (χ1) is 8.15. The molecule has 2 aromatic rings. The van der Waals surface area contributed by atoms with Crippen molar-refractivity contribution in [2.24, 2.45) is 0 Å². The first-order valence-electron chi connectivity index (χ1n) is 5.01. The van der Waals surface area contributed by atoms with Crippen LogP contribution in [0.3, 0.4) is 0 Å². The van der Waals surface area contributed by atoms with Crippen LogP contribution in [-0.4, -0.2) is 15.9 Å². The molecule has 0 fully saturated rings. The molecule has 5 heteroatoms. The maximum atomic E-state index is 11.8. The predicted molar refractivity (Wildman–Crippen MR) is 68.9 cm³/mol. The largest absolute Gasteiger partial charge is 0.290 e. The SMILES string of the molecule is Cc1ccc(C(=O)Nc2ncc(Br)cn2)cc1. The maximum Gasteiger partial charge on any atom is 0.258 e. The van der Waals surface area contributed by atoms with E-state index in [-0.39, 0.29) is 5.91 Å². The highest BCUT2D eigenvalue weighted by Gasteiger charge is 2.06. The summed E-state index contributed by atoms with van der Waals surface area (Å²) in [7, 11) is 0. The Balaban J connectivity index is 2.11. The van der Waals surface area contributed by atoms with Gasteiger partial charge in [-0.15, -0.1) is 0 Å². The van der Waals surface area contributed by atoms with Crippen molar-refractivity contribution in [1.82, 2.24) is 9.97 Å². The lowest BCUT2D eigenvalue weighted by Gasteiger charge is -2.03. The van der Waals surface area contributed by atoms with Gasteiger partial charge in [-0.05, 0) is 35.0 Å². The van der Waals surface area contributed by atoms with E-state index < -0.39 is 0 Å². The Hall–Kier alpha value is -1.75. The highest BCUT2D eigenvalue weighted by molar-refractivity contribution is 9.10. The molecule has 1 amide bonds. The lowest BCUT2D eigenvalue weighted by Crippen LogP contribution is -2.13. The minimum Gasteiger partial charge on any atom is -0.290 e. The summed E-state index contributed by atoms with van der Waals surface area (Å²) in [5.41, 5.74) is 1.70. The van der Waals surface area contributed by atoms with Gasteiger partial charge in [0.1, 0.15) is 0 Å². The zero-order valence-corrected chi connectivity index (χ0v) is 10.7. The zero-order valence-electron chi connectivity index (χ0n) is 9.14. The van der Waals surface area contributed by atoms with Crippen molar-refractivity contribution < 1.29 is 4.79 Å². The number of carbonyl (C=O) groups is 1. The van der Waals surface area contributed by atoms with Gasteiger partial charge in [0.05, 0.1) is 4.47 Å². The molecule has 0 aliphatic heterocycles. The molecule has 0 atom stereocenters. The number of halogens is 1. The van der Waals surface area contributed by atoms with Gasteiger partial charge in [-0.25, -0.2) is 9.97 Å². The molecule has 0 radical (unpaired) electrons. The molecule has 0 aliphatic rings. The number of aromatic nitrogens is 2. The van der Waals surface area contributed by atoms with Crippen molar-refractivity contribution in [3.05, 3.63) is 52.3 Å². The van der Waals surface area contributed by atoms with Crippen LogP contribution in [-0.2, 0) is 0 Å². The summed E-state index contributed by atoms with van der Waals surface area (Å²) in [6, 6.07) is 7.31. The molecule has 0 unspecified atom stereocenters. The fraction of sp³-hybridized carbons (Fsp3) is 0.0833. The molecule has 1 N–H and O–H groups in total. The van der Waals surface area contributed by atoms with Crippen LogP contribution in [0, 0.1) is 6.92 Å². The first kappa shape index (κ1) is 11.7. The Labute approximate surface area is 107 Å². The van der Waals surface area contributed by atoms with E-state index in [9.17, 15) is 4.79 Å². The van der Waals surface area contributed by atoms with Gasteiger partial charge in [0.15, 0.2) is 0 Å². The van der Waals surface area contributed by atoms with Gasteiger partial charge >= 0.3 is 0 Å². The summed E-state index contributed by atoms with van der Waals surface area (Å²) in [4.78, 5) is 19.8. The third-order valence-corrected chi connectivity index (χ3v) is 2.57. The third kappa shape index (κ3) is 3.10. The Morgan fingerprint density at radius 3 is 2.35 bits per heavy atom. The number of rotatable bonds is 2. The smallest absolute Gasteiger partial charge is 0.258 e. The summed E-state index contributed by atoms with van der Waals surface area (Å²) in [6.45, 7) is 1.97. The van der Waals surface area contributed by atoms with E-state index >= 15 is 0 Å². The van der Waals surface area contributed by atoms with Gasteiger partial charge in [0.2, 0.25) is 5.95 Å². The molecule has 17 heavy (non-hydrogen) atoms. The summed E-state index contributed by atoms with van der Waals surface area (Å²) in [6.07, 6.45) is 3.16. The Kier molecular flexibility index (Phi) is 3.49. The van der Waals surface area contributed by atoms with Gasteiger partial charge in [-0.1, -0.05) is 17.7 Å². The van der Waals surface area contributed by atoms with Crippen molar-refractivity contribution in [3.8, 4) is 0 Å². The second-order valence-electron chi connectivity index (χ2n) is 3.55. The van der Waals surface area contributed by atoms with Crippen molar-refractivity contribution in [1.29, 1.82) is 0 Å². The summed E-state index contributed by atoms with van der Waals surface area (Å²) < 4.78 is 0.769. The summed E-state index contributed by atoms with van der Waals surface area (Å²) >= 11 is 3.23. The van der Waals surface area contributed by atoms with Crippen molar-refractivity contribution >= 4 is 27.8 Å². The molecule has 0 aliphatic carbocycles. The molecule has 0 saturated carbocycles. The molecule has 86 valence electrons. The molecule has 0 saturated heterocycles. The van der Waals surface area contributed by atoms with E-state index in [0.29, 0.717) is 11.5 Å². The Morgan fingerprint density at radius 1 is 1.18 bits per heavy atom. The number of carbonyl (C=O) groups excluding carboxylic acids is 1. The zero-order chi connectivity index (χ0) is 12.3. The normalized spacial score (nSPS) is 10.0. The summed E-state index contributed by atoms with van der Waals surface area (Å²) in [5, 5.41) is 2.62. The molecular formula is C12H10BrN3O. The highest BCUT2D eigenvalue weighted by atomic mass is 79.9. The van der Waals surface area contributed by atoms with Gasteiger partial charge in [0, 0.05) is 18.0 Å². The van der Waals surface area contributed by atoms with Crippen LogP contribution in [0.4, 0.5) is 5.95 Å². The van der Waals surface area contributed by atoms with E-state index in [1.165, 1.54) is 0 Å². The standard InChI is InChI=1S/C12H10BrN3O/c1-8-2-4-9(5-3-8)11(17)16-12-14-6-10(13)7-15-12/h2-7H,1H3,(H,14,15,16,17). The lowest BCUT2D eigenvalue weighted by molar-refractivity contribution is 0.102. The number of aryl methyl sites for hydroxylation is 1. The van der Waals surface area contributed by atoms with Crippen LogP contribution >= 0.6 is 15.9 Å². The second kappa shape index (κ2) is 5.05. The minimum absolute atomic E-state index is 0.215. The van der Waals surface area contributed by atoms with E-state index in [2.05, 4.69) is 31.2 Å². The molecule has 1 aromatic carbocycles. The van der Waals surface area contributed by atoms with Crippen molar-refractivity contribution in [2.45, 2.75) is 6.92 Å². The molecule has 1 heterocycles. The maximum absolute atomic E-state index is 11.8. The topological polar surface area (TPSA) is 54.9 Å². The van der Waals surface area contributed by atoms with Crippen molar-refractivity contribution in [3.63, 3.8) is 0 Å². The van der Waals surface area contributed by atoms with Gasteiger partial charge in [-0.3, -0.25) is 10.1 Å². The molecule has 1 aromatic heterocycles. The van der Waals surface area contributed by atoms with Crippen LogP contribution < -0.4 is 5.32 Å². The number of amides is 1. The van der Waals surface area contributed by atoms with Crippen LogP contribution in [0.15, 0.2) is 41.1 Å². The number of benzene rings is 1. The molecular weight excluding hydrogens is 282 g/mol. The first-order valence-corrected chi connectivity index (χ1v) is 5.80. The monoisotopic (exact) mass is 291 g/mol. The Bertz CT molecular complexity index is 522. The Morgan fingerprint density at radius 2 is 1.76 bits per heavy atom. The molecule has 2 rings (SSSR count). The molecule has 0 spiro atoms. The van der Waals surface area contributed by atoms with Crippen molar-refractivity contribution in [2.75, 3.05) is 5.32 Å². The number of nitrogens with one attached hydrogen (secondary N) is 1. The van der Waals surface area contributed by atoms with Crippen LogP contribution in [0.25, 0.3) is 0 Å². The van der Waals surface area contributed by atoms with Gasteiger partial charge in [0.25, 0.3) is 5.91 Å². The van der Waals surface area contributed by atoms with Crippen LogP contribution in [0.5, 0.6) is 0 Å². The molecule has 4 nitrogen and oxygen atoms in total. The van der Waals surface area contributed by atoms with E-state index in [1.54, 1.807) is 24.5 Å². The second-order valence-corrected chi connectivity index (χ2v) is 4.46. The van der Waals surface area contributed by atoms with Crippen LogP contribution in [0.2, 0.25) is 0 Å². The molecule has 0 bridgehead atoms. The summed E-state index contributed by atoms with van der Waals surface area (Å²) in [5.74, 6) is 0.0751. The number of nitrogens with zero attached hydrogens (tertiary/aromatic N) is 2. The van der Waals surface area contributed by atoms with Gasteiger partial charge in [-0.2, -0.15) is 0 Å². The number of anilines is 1. The number of hydrogen-bond acceptors (Lipinski definition) is 3. The average Bonchev–Trinajstić information content (AvgIpc) is 2.33. The van der Waals surface area contributed by atoms with E-state index in [1.807, 2.05) is 19.1 Å². The third-order valence-electron chi connectivity index (χ3n) is 2.16. The minimum atomic E-state index is -0.215.